The maximum atomic E-state index is 9.45. The zero-order valence-electron chi connectivity index (χ0n) is 9.88. The van der Waals surface area contributed by atoms with Gasteiger partial charge in [0.05, 0.1) is 23.1 Å². The first-order chi connectivity index (χ1) is 8.20. The van der Waals surface area contributed by atoms with Crippen LogP contribution < -0.4 is 4.74 Å². The summed E-state index contributed by atoms with van der Waals surface area (Å²) in [5.74, 6) is 0.876. The Bertz CT molecular complexity index is 494. The third-order valence-corrected chi connectivity index (χ3v) is 3.68. The highest BCUT2D eigenvalue weighted by molar-refractivity contribution is 7.11. The summed E-state index contributed by atoms with van der Waals surface area (Å²) in [6, 6.07) is 7.91. The molecule has 1 unspecified atom stereocenters. The molecule has 4 heteroatoms. The van der Waals surface area contributed by atoms with Crippen LogP contribution in [-0.2, 0) is 6.42 Å². The van der Waals surface area contributed by atoms with E-state index in [0.29, 0.717) is 0 Å². The average Bonchev–Trinajstić information content (AvgIpc) is 2.78. The molecule has 3 nitrogen and oxygen atoms in total. The summed E-state index contributed by atoms with van der Waals surface area (Å²) < 4.78 is 5.30. The van der Waals surface area contributed by atoms with Crippen molar-refractivity contribution in [1.29, 1.82) is 0 Å². The molecule has 0 fully saturated rings. The Morgan fingerprint density at radius 2 is 2.18 bits per heavy atom. The molecule has 0 saturated heterocycles. The van der Waals surface area contributed by atoms with Crippen LogP contribution in [0.4, 0.5) is 0 Å². The molecule has 0 aliphatic rings. The van der Waals surface area contributed by atoms with Gasteiger partial charge < -0.3 is 9.84 Å². The van der Waals surface area contributed by atoms with Crippen LogP contribution in [0.5, 0.6) is 5.75 Å². The van der Waals surface area contributed by atoms with Gasteiger partial charge in [-0.3, -0.25) is 0 Å². The Balaban J connectivity index is 2.19. The van der Waals surface area contributed by atoms with E-state index in [1.807, 2.05) is 24.3 Å². The number of hydrogen-bond acceptors (Lipinski definition) is 4. The lowest BCUT2D eigenvalue weighted by atomic mass is 10.1. The van der Waals surface area contributed by atoms with Crippen LogP contribution in [0.1, 0.15) is 28.5 Å². The van der Waals surface area contributed by atoms with Crippen LogP contribution in [0, 0.1) is 0 Å². The highest BCUT2D eigenvalue weighted by Gasteiger charge is 2.09. The van der Waals surface area contributed by atoms with Gasteiger partial charge in [0, 0.05) is 18.2 Å². The number of aliphatic hydroxyl groups excluding tert-OH is 1. The fourth-order valence-corrected chi connectivity index (χ4v) is 2.49. The zero-order chi connectivity index (χ0) is 12.3. The van der Waals surface area contributed by atoms with Crippen molar-refractivity contribution in [3.05, 3.63) is 45.9 Å². The van der Waals surface area contributed by atoms with E-state index in [0.717, 1.165) is 27.6 Å². The largest absolute Gasteiger partial charge is 0.496 e. The lowest BCUT2D eigenvalue weighted by Crippen LogP contribution is -1.92. The first kappa shape index (κ1) is 12.1. The van der Waals surface area contributed by atoms with Gasteiger partial charge in [0.1, 0.15) is 5.75 Å². The number of thiazole rings is 1. The van der Waals surface area contributed by atoms with Gasteiger partial charge in [-0.05, 0) is 13.0 Å². The lowest BCUT2D eigenvalue weighted by molar-refractivity contribution is 0.203. The van der Waals surface area contributed by atoms with Crippen molar-refractivity contribution < 1.29 is 9.84 Å². The molecule has 90 valence electrons. The number of ether oxygens (including phenoxy) is 1. The molecule has 17 heavy (non-hydrogen) atoms. The molecule has 0 amide bonds. The van der Waals surface area contributed by atoms with Crippen LogP contribution in [0.2, 0.25) is 0 Å². The van der Waals surface area contributed by atoms with E-state index >= 15 is 0 Å². The Kier molecular flexibility index (Phi) is 3.76. The van der Waals surface area contributed by atoms with Crippen molar-refractivity contribution in [1.82, 2.24) is 4.98 Å². The smallest absolute Gasteiger partial charge is 0.122 e. The maximum absolute atomic E-state index is 9.45. The van der Waals surface area contributed by atoms with Gasteiger partial charge in [0.25, 0.3) is 0 Å². The summed E-state index contributed by atoms with van der Waals surface area (Å²) >= 11 is 1.54. The first-order valence-electron chi connectivity index (χ1n) is 5.45. The van der Waals surface area contributed by atoms with Crippen molar-refractivity contribution in [3.63, 3.8) is 0 Å². The lowest BCUT2D eigenvalue weighted by Gasteiger charge is -2.05. The number of hydrogen-bond donors (Lipinski definition) is 1. The molecule has 0 radical (unpaired) electrons. The molecule has 1 aromatic heterocycles. The van der Waals surface area contributed by atoms with E-state index in [9.17, 15) is 5.11 Å². The SMILES string of the molecule is COc1ccccc1Cc1ncc(C(C)O)s1. The Morgan fingerprint density at radius 1 is 1.41 bits per heavy atom. The third kappa shape index (κ3) is 2.84. The van der Waals surface area contributed by atoms with Gasteiger partial charge in [-0.2, -0.15) is 0 Å². The number of para-hydroxylation sites is 1. The molecule has 0 bridgehead atoms. The Morgan fingerprint density at radius 3 is 2.82 bits per heavy atom. The van der Waals surface area contributed by atoms with Crippen molar-refractivity contribution in [2.24, 2.45) is 0 Å². The highest BCUT2D eigenvalue weighted by Crippen LogP contribution is 2.25. The molecular formula is C13H15NO2S. The van der Waals surface area contributed by atoms with Crippen LogP contribution in [0.25, 0.3) is 0 Å². The number of benzene rings is 1. The summed E-state index contributed by atoms with van der Waals surface area (Å²) in [5, 5.41) is 10.4. The minimum atomic E-state index is -0.445. The first-order valence-corrected chi connectivity index (χ1v) is 6.27. The predicted molar refractivity (Wildman–Crippen MR) is 68.5 cm³/mol. The number of rotatable bonds is 4. The van der Waals surface area contributed by atoms with Crippen molar-refractivity contribution in [3.8, 4) is 5.75 Å². The number of nitrogens with zero attached hydrogens (tertiary/aromatic N) is 1. The number of methoxy groups -OCH3 is 1. The van der Waals surface area contributed by atoms with E-state index in [4.69, 9.17) is 4.74 Å². The van der Waals surface area contributed by atoms with Crippen molar-refractivity contribution in [2.45, 2.75) is 19.4 Å². The standard InChI is InChI=1S/C13H15NO2S/c1-9(15)12-8-14-13(17-12)7-10-5-3-4-6-11(10)16-2/h3-6,8-9,15H,7H2,1-2H3. The maximum Gasteiger partial charge on any atom is 0.122 e. The van der Waals surface area contributed by atoms with Gasteiger partial charge >= 0.3 is 0 Å². The monoisotopic (exact) mass is 249 g/mol. The van der Waals surface area contributed by atoms with Gasteiger partial charge in [-0.1, -0.05) is 18.2 Å². The Hall–Kier alpha value is -1.39. The van der Waals surface area contributed by atoms with E-state index < -0.39 is 6.10 Å². The minimum absolute atomic E-state index is 0.445. The van der Waals surface area contributed by atoms with Crippen LogP contribution in [0.15, 0.2) is 30.5 Å². The van der Waals surface area contributed by atoms with Gasteiger partial charge in [0.15, 0.2) is 0 Å². The van der Waals surface area contributed by atoms with E-state index in [-0.39, 0.29) is 0 Å². The molecule has 2 rings (SSSR count). The quantitative estimate of drug-likeness (QED) is 0.906. The highest BCUT2D eigenvalue weighted by atomic mass is 32.1. The van der Waals surface area contributed by atoms with Crippen molar-refractivity contribution >= 4 is 11.3 Å². The normalized spacial score (nSPS) is 12.4. The third-order valence-electron chi connectivity index (χ3n) is 2.52. The number of aromatic nitrogens is 1. The van der Waals surface area contributed by atoms with Crippen LogP contribution >= 0.6 is 11.3 Å². The molecule has 0 aliphatic carbocycles. The summed E-state index contributed by atoms with van der Waals surface area (Å²) in [6.45, 7) is 1.75. The zero-order valence-corrected chi connectivity index (χ0v) is 10.7. The molecule has 0 saturated carbocycles. The second-order valence-electron chi connectivity index (χ2n) is 3.82. The average molecular weight is 249 g/mol. The summed E-state index contributed by atoms with van der Waals surface area (Å²) in [6.07, 6.45) is 2.03. The Labute approximate surface area is 105 Å². The second kappa shape index (κ2) is 5.29. The molecule has 0 spiro atoms. The topological polar surface area (TPSA) is 42.4 Å². The van der Waals surface area contributed by atoms with Gasteiger partial charge in [0.2, 0.25) is 0 Å². The van der Waals surface area contributed by atoms with E-state index in [1.54, 1.807) is 20.2 Å². The summed E-state index contributed by atoms with van der Waals surface area (Å²) in [4.78, 5) is 5.21. The van der Waals surface area contributed by atoms with E-state index in [2.05, 4.69) is 4.98 Å². The number of aliphatic hydroxyl groups is 1. The van der Waals surface area contributed by atoms with Crippen LogP contribution in [-0.4, -0.2) is 17.2 Å². The fourth-order valence-electron chi connectivity index (χ4n) is 1.61. The molecule has 0 aliphatic heterocycles. The molecule has 2 aromatic rings. The van der Waals surface area contributed by atoms with Gasteiger partial charge in [-0.15, -0.1) is 11.3 Å². The summed E-state index contributed by atoms with van der Waals surface area (Å²) in [7, 11) is 1.67. The second-order valence-corrected chi connectivity index (χ2v) is 4.97. The fraction of sp³-hybridized carbons (Fsp3) is 0.308. The van der Waals surface area contributed by atoms with Gasteiger partial charge in [-0.25, -0.2) is 4.98 Å². The molecular weight excluding hydrogens is 234 g/mol. The molecule has 1 aromatic carbocycles. The van der Waals surface area contributed by atoms with Crippen LogP contribution in [0.3, 0.4) is 0 Å². The summed E-state index contributed by atoms with van der Waals surface area (Å²) in [5.41, 5.74) is 1.11. The van der Waals surface area contributed by atoms with E-state index in [1.165, 1.54) is 11.3 Å². The predicted octanol–water partition coefficient (Wildman–Crippen LogP) is 2.80. The molecule has 1 N–H and O–H groups in total. The molecule has 1 atom stereocenters. The minimum Gasteiger partial charge on any atom is -0.496 e. The van der Waals surface area contributed by atoms with Crippen molar-refractivity contribution in [2.75, 3.05) is 7.11 Å². The molecule has 1 heterocycles.